The van der Waals surface area contributed by atoms with Gasteiger partial charge in [-0.2, -0.15) is 0 Å². The third-order valence-electron chi connectivity index (χ3n) is 2.69. The monoisotopic (exact) mass is 245 g/mol. The first-order valence-corrected chi connectivity index (χ1v) is 5.37. The molecule has 0 unspecified atom stereocenters. The fraction of sp³-hybridized carbons (Fsp3) is 0.154. The van der Waals surface area contributed by atoms with Crippen molar-refractivity contribution in [3.63, 3.8) is 0 Å². The largest absolute Gasteiger partial charge is 0.481 e. The summed E-state index contributed by atoms with van der Waals surface area (Å²) in [5.41, 5.74) is 1.58. The number of ketones is 2. The molecule has 0 aliphatic heterocycles. The fourth-order valence-electron chi connectivity index (χ4n) is 1.93. The maximum absolute atomic E-state index is 11.9. The lowest BCUT2D eigenvalue weighted by Crippen LogP contribution is -2.18. The molecule has 0 aliphatic carbocycles. The van der Waals surface area contributed by atoms with E-state index in [1.165, 1.54) is 0 Å². The number of nitrogens with one attached hydrogen (secondary N) is 1. The summed E-state index contributed by atoms with van der Waals surface area (Å²) in [5.74, 6) is -2.96. The Hall–Kier alpha value is -2.43. The third kappa shape index (κ3) is 2.02. The number of H-pyrrole nitrogens is 1. The highest BCUT2D eigenvalue weighted by molar-refractivity contribution is 6.48. The number of hydrogen-bond donors (Lipinski definition) is 2. The Labute approximate surface area is 102 Å². The molecule has 1 heterocycles. The molecule has 0 radical (unpaired) electrons. The van der Waals surface area contributed by atoms with E-state index in [0.29, 0.717) is 11.1 Å². The summed E-state index contributed by atoms with van der Waals surface area (Å²) >= 11 is 0. The smallest absolute Gasteiger partial charge is 0.311 e. The van der Waals surface area contributed by atoms with Crippen LogP contribution >= 0.6 is 0 Å². The van der Waals surface area contributed by atoms with E-state index in [4.69, 9.17) is 5.11 Å². The average molecular weight is 245 g/mol. The van der Waals surface area contributed by atoms with Gasteiger partial charge in [0.25, 0.3) is 0 Å². The zero-order valence-electron chi connectivity index (χ0n) is 9.69. The van der Waals surface area contributed by atoms with Gasteiger partial charge in [-0.25, -0.2) is 0 Å². The average Bonchev–Trinajstić information content (AvgIpc) is 2.63. The van der Waals surface area contributed by atoms with Crippen molar-refractivity contribution in [3.05, 3.63) is 35.5 Å². The van der Waals surface area contributed by atoms with Crippen LogP contribution in [0, 0.1) is 6.92 Å². The molecule has 0 aliphatic rings. The van der Waals surface area contributed by atoms with E-state index >= 15 is 0 Å². The minimum atomic E-state index is -1.30. The van der Waals surface area contributed by atoms with Crippen LogP contribution in [-0.2, 0) is 9.59 Å². The normalized spacial score (nSPS) is 10.5. The Balaban J connectivity index is 2.47. The lowest BCUT2D eigenvalue weighted by atomic mass is 10.0. The summed E-state index contributed by atoms with van der Waals surface area (Å²) in [5, 5.41) is 9.17. The highest BCUT2D eigenvalue weighted by Gasteiger charge is 2.23. The standard InChI is InChI=1S/C13H11NO4/c1-7-12(13(18)10(15)6-11(16)17)8-4-2-3-5-9(8)14-7/h2-5,14H,6H2,1H3,(H,16,17). The van der Waals surface area contributed by atoms with Crippen LogP contribution < -0.4 is 0 Å². The number of carbonyl (C=O) groups is 3. The quantitative estimate of drug-likeness (QED) is 0.487. The van der Waals surface area contributed by atoms with Gasteiger partial charge >= 0.3 is 5.97 Å². The summed E-state index contributed by atoms with van der Waals surface area (Å²) < 4.78 is 0. The molecular formula is C13H11NO4. The number of para-hydroxylation sites is 1. The lowest BCUT2D eigenvalue weighted by molar-refractivity contribution is -0.139. The molecule has 1 aromatic heterocycles. The lowest BCUT2D eigenvalue weighted by Gasteiger charge is -1.98. The first-order chi connectivity index (χ1) is 8.50. The Kier molecular flexibility index (Phi) is 2.97. The minimum absolute atomic E-state index is 0.261. The molecule has 0 bridgehead atoms. The van der Waals surface area contributed by atoms with Gasteiger partial charge in [0.05, 0.1) is 5.56 Å². The highest BCUT2D eigenvalue weighted by Crippen LogP contribution is 2.22. The SMILES string of the molecule is Cc1[nH]c2ccccc2c1C(=O)C(=O)CC(=O)O. The maximum atomic E-state index is 11.9. The summed E-state index contributed by atoms with van der Waals surface area (Å²) in [4.78, 5) is 36.9. The van der Waals surface area contributed by atoms with Gasteiger partial charge in [-0.15, -0.1) is 0 Å². The highest BCUT2D eigenvalue weighted by atomic mass is 16.4. The van der Waals surface area contributed by atoms with Crippen LogP contribution in [0.2, 0.25) is 0 Å². The van der Waals surface area contributed by atoms with Crippen molar-refractivity contribution >= 4 is 28.4 Å². The first kappa shape index (κ1) is 12.0. The zero-order chi connectivity index (χ0) is 13.3. The summed E-state index contributed by atoms with van der Waals surface area (Å²) in [6, 6.07) is 7.08. The number of rotatable bonds is 4. The van der Waals surface area contributed by atoms with E-state index in [-0.39, 0.29) is 5.56 Å². The molecule has 1 aromatic carbocycles. The first-order valence-electron chi connectivity index (χ1n) is 5.37. The molecule has 2 aromatic rings. The van der Waals surface area contributed by atoms with E-state index in [9.17, 15) is 14.4 Å². The number of fused-ring (bicyclic) bond motifs is 1. The van der Waals surface area contributed by atoms with Crippen LogP contribution in [0.1, 0.15) is 22.5 Å². The molecule has 2 rings (SSSR count). The van der Waals surface area contributed by atoms with Crippen LogP contribution in [-0.4, -0.2) is 27.6 Å². The Morgan fingerprint density at radius 1 is 1.22 bits per heavy atom. The number of carboxylic acid groups (broad SMARTS) is 1. The van der Waals surface area contributed by atoms with E-state index < -0.39 is 24.0 Å². The van der Waals surface area contributed by atoms with Gasteiger partial charge in [0.15, 0.2) is 0 Å². The number of benzene rings is 1. The van der Waals surface area contributed by atoms with Crippen molar-refractivity contribution in [2.45, 2.75) is 13.3 Å². The Bertz CT molecular complexity index is 654. The van der Waals surface area contributed by atoms with E-state index in [1.807, 2.05) is 6.07 Å². The number of aromatic amines is 1. The van der Waals surface area contributed by atoms with Gasteiger partial charge in [-0.3, -0.25) is 14.4 Å². The topological polar surface area (TPSA) is 87.2 Å². The number of aromatic nitrogens is 1. The predicted molar refractivity (Wildman–Crippen MR) is 64.6 cm³/mol. The molecule has 0 spiro atoms. The molecule has 92 valence electrons. The third-order valence-corrected chi connectivity index (χ3v) is 2.69. The van der Waals surface area contributed by atoms with Gasteiger partial charge in [0, 0.05) is 16.6 Å². The number of aliphatic carboxylic acids is 1. The van der Waals surface area contributed by atoms with Gasteiger partial charge in [-0.05, 0) is 13.0 Å². The summed E-state index contributed by atoms with van der Waals surface area (Å²) in [6.45, 7) is 1.68. The number of hydrogen-bond acceptors (Lipinski definition) is 3. The van der Waals surface area contributed by atoms with Crippen LogP contribution in [0.25, 0.3) is 10.9 Å². The molecule has 0 amide bonds. The van der Waals surface area contributed by atoms with Crippen molar-refractivity contribution in [2.24, 2.45) is 0 Å². The molecule has 2 N–H and O–H groups in total. The van der Waals surface area contributed by atoms with Gasteiger partial charge < -0.3 is 10.1 Å². The van der Waals surface area contributed by atoms with Crippen LogP contribution in [0.3, 0.4) is 0 Å². The summed E-state index contributed by atoms with van der Waals surface area (Å²) in [7, 11) is 0. The Morgan fingerprint density at radius 3 is 2.56 bits per heavy atom. The molecule has 0 saturated carbocycles. The fourth-order valence-corrected chi connectivity index (χ4v) is 1.93. The molecule has 0 atom stereocenters. The molecule has 0 fully saturated rings. The molecule has 5 nitrogen and oxygen atoms in total. The van der Waals surface area contributed by atoms with Crippen molar-refractivity contribution in [1.82, 2.24) is 4.98 Å². The molecule has 0 saturated heterocycles. The van der Waals surface area contributed by atoms with Crippen LogP contribution in [0.15, 0.2) is 24.3 Å². The molecule has 5 heteroatoms. The van der Waals surface area contributed by atoms with Crippen LogP contribution in [0.4, 0.5) is 0 Å². The summed E-state index contributed by atoms with van der Waals surface area (Å²) in [6.07, 6.45) is -0.780. The van der Waals surface area contributed by atoms with Gasteiger partial charge in [0.2, 0.25) is 11.6 Å². The second-order valence-corrected chi connectivity index (χ2v) is 3.99. The molecule has 18 heavy (non-hydrogen) atoms. The van der Waals surface area contributed by atoms with E-state index in [2.05, 4.69) is 4.98 Å². The van der Waals surface area contributed by atoms with E-state index in [1.54, 1.807) is 25.1 Å². The number of carbonyl (C=O) groups excluding carboxylic acids is 2. The number of Topliss-reactive ketones (excluding diaryl/α,β-unsaturated/α-hetero) is 2. The minimum Gasteiger partial charge on any atom is -0.481 e. The Morgan fingerprint density at radius 2 is 1.89 bits per heavy atom. The number of aryl methyl sites for hydroxylation is 1. The van der Waals surface area contributed by atoms with Gasteiger partial charge in [-0.1, -0.05) is 18.2 Å². The van der Waals surface area contributed by atoms with Crippen LogP contribution in [0.5, 0.6) is 0 Å². The van der Waals surface area contributed by atoms with Gasteiger partial charge in [0.1, 0.15) is 6.42 Å². The maximum Gasteiger partial charge on any atom is 0.311 e. The van der Waals surface area contributed by atoms with E-state index in [0.717, 1.165) is 5.52 Å². The van der Waals surface area contributed by atoms with Crippen molar-refractivity contribution in [2.75, 3.05) is 0 Å². The number of carboxylic acids is 1. The van der Waals surface area contributed by atoms with Crippen molar-refractivity contribution < 1.29 is 19.5 Å². The second-order valence-electron chi connectivity index (χ2n) is 3.99. The van der Waals surface area contributed by atoms with Crippen molar-refractivity contribution in [3.8, 4) is 0 Å². The second kappa shape index (κ2) is 4.44. The van der Waals surface area contributed by atoms with Crippen molar-refractivity contribution in [1.29, 1.82) is 0 Å². The predicted octanol–water partition coefficient (Wildman–Crippen LogP) is 1.70. The zero-order valence-corrected chi connectivity index (χ0v) is 9.69. The molecular weight excluding hydrogens is 234 g/mol.